The van der Waals surface area contributed by atoms with Crippen LogP contribution in [-0.2, 0) is 11.2 Å². The number of carbonyl (C=O) groups excluding carboxylic acids is 2. The van der Waals surface area contributed by atoms with Crippen LogP contribution in [-0.4, -0.2) is 61.3 Å². The number of hydrogen-bond acceptors (Lipinski definition) is 4. The van der Waals surface area contributed by atoms with E-state index in [2.05, 4.69) is 15.5 Å². The van der Waals surface area contributed by atoms with E-state index in [-0.39, 0.29) is 18.0 Å². The quantitative estimate of drug-likeness (QED) is 0.563. The first-order chi connectivity index (χ1) is 16.9. The van der Waals surface area contributed by atoms with Crippen LogP contribution in [0.4, 0.5) is 19.3 Å². The molecule has 2 fully saturated rings. The molecule has 35 heavy (non-hydrogen) atoms. The molecule has 2 aromatic carbocycles. The minimum atomic E-state index is -1.21. The van der Waals surface area contributed by atoms with Crippen LogP contribution >= 0.6 is 0 Å². The molecule has 0 saturated carbocycles. The number of nitrogens with one attached hydrogen (secondary N) is 2. The van der Waals surface area contributed by atoms with Crippen LogP contribution in [0.3, 0.4) is 0 Å². The molecule has 2 aromatic rings. The summed E-state index contributed by atoms with van der Waals surface area (Å²) in [6, 6.07) is 12.0. The Labute approximate surface area is 205 Å². The predicted molar refractivity (Wildman–Crippen MR) is 131 cm³/mol. The van der Waals surface area contributed by atoms with E-state index in [4.69, 9.17) is 4.74 Å². The van der Waals surface area contributed by atoms with E-state index in [0.717, 1.165) is 37.9 Å². The molecule has 0 aromatic heterocycles. The minimum Gasteiger partial charge on any atom is -0.375 e. The number of rotatable bonds is 7. The highest BCUT2D eigenvalue weighted by atomic mass is 19.1. The zero-order valence-electron chi connectivity index (χ0n) is 20.0. The molecule has 2 aliphatic rings. The lowest BCUT2D eigenvalue weighted by atomic mass is 9.90. The van der Waals surface area contributed by atoms with E-state index in [1.807, 2.05) is 12.1 Å². The van der Waals surface area contributed by atoms with Gasteiger partial charge in [-0.25, -0.2) is 13.6 Å². The number of ketones is 1. The summed E-state index contributed by atoms with van der Waals surface area (Å²) >= 11 is 0. The van der Waals surface area contributed by atoms with Crippen LogP contribution in [0.5, 0.6) is 0 Å². The third-order valence-corrected chi connectivity index (χ3v) is 6.82. The number of likely N-dealkylation sites (tertiary alicyclic amines) is 1. The molecule has 2 amide bonds. The average Bonchev–Trinajstić information content (AvgIpc) is 2.83. The molecule has 6 nitrogen and oxygen atoms in total. The molecule has 4 atom stereocenters. The fourth-order valence-corrected chi connectivity index (χ4v) is 5.02. The molecule has 2 saturated heterocycles. The summed E-state index contributed by atoms with van der Waals surface area (Å²) in [7, 11) is 0. The molecule has 0 aliphatic carbocycles. The summed E-state index contributed by atoms with van der Waals surface area (Å²) in [5, 5.41) is 5.47. The molecule has 8 heteroatoms. The third kappa shape index (κ3) is 7.08. The second kappa shape index (κ2) is 11.7. The largest absolute Gasteiger partial charge is 0.375 e. The van der Waals surface area contributed by atoms with Crippen LogP contribution < -0.4 is 10.6 Å². The van der Waals surface area contributed by atoms with Crippen LogP contribution in [0, 0.1) is 11.7 Å². The maximum absolute atomic E-state index is 14.9. The van der Waals surface area contributed by atoms with Gasteiger partial charge in [-0.3, -0.25) is 4.79 Å². The Morgan fingerprint density at radius 1 is 1.14 bits per heavy atom. The number of benzene rings is 2. The number of amides is 2. The molecule has 2 aliphatic heterocycles. The number of Topliss-reactive ketones (excluding diaryl/α,β-unsaturated/α-hetero) is 1. The highest BCUT2D eigenvalue weighted by molar-refractivity contribution is 5.96. The molecule has 188 valence electrons. The van der Waals surface area contributed by atoms with Crippen molar-refractivity contribution in [3.63, 3.8) is 0 Å². The number of urea groups is 1. The van der Waals surface area contributed by atoms with Crippen molar-refractivity contribution < 1.29 is 23.1 Å². The zero-order chi connectivity index (χ0) is 24.8. The number of alkyl halides is 1. The van der Waals surface area contributed by atoms with Gasteiger partial charge in [0.15, 0.2) is 5.78 Å². The fraction of sp³-hybridized carbons (Fsp3) is 0.481. The van der Waals surface area contributed by atoms with Crippen LogP contribution in [0.1, 0.15) is 42.1 Å². The summed E-state index contributed by atoms with van der Waals surface area (Å²) in [5.41, 5.74) is 2.07. The lowest BCUT2D eigenvalue weighted by molar-refractivity contribution is -0.0599. The van der Waals surface area contributed by atoms with Gasteiger partial charge in [0, 0.05) is 37.4 Å². The van der Waals surface area contributed by atoms with Gasteiger partial charge in [-0.05, 0) is 68.5 Å². The highest BCUT2D eigenvalue weighted by Crippen LogP contribution is 2.24. The monoisotopic (exact) mass is 485 g/mol. The van der Waals surface area contributed by atoms with Crippen molar-refractivity contribution in [2.24, 2.45) is 5.92 Å². The molecule has 0 radical (unpaired) electrons. The van der Waals surface area contributed by atoms with Gasteiger partial charge in [0.2, 0.25) is 0 Å². The Kier molecular flexibility index (Phi) is 8.46. The zero-order valence-corrected chi connectivity index (χ0v) is 20.0. The summed E-state index contributed by atoms with van der Waals surface area (Å²) < 4.78 is 34.0. The number of carbonyl (C=O) groups is 2. The van der Waals surface area contributed by atoms with Gasteiger partial charge in [-0.2, -0.15) is 0 Å². The van der Waals surface area contributed by atoms with Crippen molar-refractivity contribution in [1.82, 2.24) is 10.2 Å². The first kappa shape index (κ1) is 25.3. The number of hydrogen-bond donors (Lipinski definition) is 2. The highest BCUT2D eigenvalue weighted by Gasteiger charge is 2.37. The summed E-state index contributed by atoms with van der Waals surface area (Å²) in [6.45, 7) is 4.06. The summed E-state index contributed by atoms with van der Waals surface area (Å²) in [6.07, 6.45) is 1.56. The molecular formula is C27H33F2N3O3. The third-order valence-electron chi connectivity index (χ3n) is 6.82. The van der Waals surface area contributed by atoms with Crippen molar-refractivity contribution in [2.75, 3.05) is 31.6 Å². The number of nitrogens with zero attached hydrogens (tertiary/aromatic N) is 1. The van der Waals surface area contributed by atoms with E-state index in [1.165, 1.54) is 19.1 Å². The fourth-order valence-electron chi connectivity index (χ4n) is 5.02. The van der Waals surface area contributed by atoms with E-state index in [0.29, 0.717) is 30.3 Å². The summed E-state index contributed by atoms with van der Waals surface area (Å²) in [4.78, 5) is 26.5. The Hall–Kier alpha value is -2.84. The van der Waals surface area contributed by atoms with Crippen molar-refractivity contribution in [2.45, 2.75) is 50.9 Å². The number of piperidine rings is 1. The van der Waals surface area contributed by atoms with E-state index >= 15 is 0 Å². The minimum absolute atomic E-state index is 0.0992. The smallest absolute Gasteiger partial charge is 0.319 e. The molecular weight excluding hydrogens is 452 g/mol. The van der Waals surface area contributed by atoms with Crippen LogP contribution in [0.15, 0.2) is 48.5 Å². The van der Waals surface area contributed by atoms with Crippen LogP contribution in [0.2, 0.25) is 0 Å². The van der Waals surface area contributed by atoms with Gasteiger partial charge in [0.1, 0.15) is 12.0 Å². The predicted octanol–water partition coefficient (Wildman–Crippen LogP) is 4.60. The van der Waals surface area contributed by atoms with Gasteiger partial charge in [0.05, 0.1) is 12.1 Å². The Bertz CT molecular complexity index is 1020. The van der Waals surface area contributed by atoms with Gasteiger partial charge < -0.3 is 20.3 Å². The van der Waals surface area contributed by atoms with E-state index in [9.17, 15) is 18.4 Å². The van der Waals surface area contributed by atoms with Crippen molar-refractivity contribution in [1.29, 1.82) is 0 Å². The number of anilines is 1. The first-order valence-corrected chi connectivity index (χ1v) is 12.3. The van der Waals surface area contributed by atoms with Gasteiger partial charge in [-0.15, -0.1) is 0 Å². The normalized spacial score (nSPS) is 25.1. The second-order valence-electron chi connectivity index (χ2n) is 9.57. The maximum Gasteiger partial charge on any atom is 0.319 e. The molecule has 2 N–H and O–H groups in total. The standard InChI is InChI=1S/C27H33F2N3O3/c1-18(33)21-5-2-6-23(15-21)30-27(34)31-26-24(29)11-13-35-25(26)17-32-12-3-4-20(16-32)14-19-7-9-22(28)10-8-19/h2,5-10,15,20,24-26H,3-4,11-14,16-17H2,1H3,(H2,30,31,34)/t20-,24-,25+,26+/m0/s1. The van der Waals surface area contributed by atoms with Crippen molar-refractivity contribution in [3.05, 3.63) is 65.5 Å². The lowest BCUT2D eigenvalue weighted by Gasteiger charge is -2.40. The molecule has 2 heterocycles. The van der Waals surface area contributed by atoms with E-state index < -0.39 is 24.3 Å². The molecule has 0 spiro atoms. The van der Waals surface area contributed by atoms with Gasteiger partial charge in [0.25, 0.3) is 0 Å². The Morgan fingerprint density at radius 3 is 2.71 bits per heavy atom. The van der Waals surface area contributed by atoms with E-state index in [1.54, 1.807) is 24.3 Å². The van der Waals surface area contributed by atoms with Crippen molar-refractivity contribution >= 4 is 17.5 Å². The van der Waals surface area contributed by atoms with Gasteiger partial charge >= 0.3 is 6.03 Å². The number of halogens is 2. The Balaban J connectivity index is 1.34. The number of ether oxygens (including phenoxy) is 1. The summed E-state index contributed by atoms with van der Waals surface area (Å²) in [5.74, 6) is 0.100. The maximum atomic E-state index is 14.9. The second-order valence-corrected chi connectivity index (χ2v) is 9.57. The molecule has 0 bridgehead atoms. The topological polar surface area (TPSA) is 70.7 Å². The van der Waals surface area contributed by atoms with Gasteiger partial charge in [-0.1, -0.05) is 24.3 Å². The SMILES string of the molecule is CC(=O)c1cccc(NC(=O)N[C@@H]2[C@@H](F)CCO[C@@H]2CN2CCC[C@@H](Cc3ccc(F)cc3)C2)c1. The van der Waals surface area contributed by atoms with Crippen molar-refractivity contribution in [3.8, 4) is 0 Å². The first-order valence-electron chi connectivity index (χ1n) is 12.3. The molecule has 4 rings (SSSR count). The molecule has 0 unspecified atom stereocenters. The lowest BCUT2D eigenvalue weighted by Crippen LogP contribution is -2.58. The van der Waals surface area contributed by atoms with Crippen LogP contribution in [0.25, 0.3) is 0 Å². The average molecular weight is 486 g/mol. The Morgan fingerprint density at radius 2 is 1.94 bits per heavy atom.